The monoisotopic (exact) mass is 418 g/mol. The molecule has 7 heteroatoms. The van der Waals surface area contributed by atoms with Crippen LogP contribution in [-0.2, 0) is 9.84 Å². The molecule has 0 N–H and O–H groups in total. The molecular formula is C11H10Br2ClFO2S. The Morgan fingerprint density at radius 3 is 2.67 bits per heavy atom. The fourth-order valence-electron chi connectivity index (χ4n) is 2.06. The van der Waals surface area contributed by atoms with E-state index in [0.717, 1.165) is 0 Å². The third kappa shape index (κ3) is 3.08. The molecular weight excluding hydrogens is 410 g/mol. The third-order valence-corrected chi connectivity index (χ3v) is 7.25. The van der Waals surface area contributed by atoms with Gasteiger partial charge in [-0.1, -0.05) is 27.5 Å². The van der Waals surface area contributed by atoms with E-state index in [1.165, 1.54) is 12.1 Å². The average Bonchev–Trinajstić information content (AvgIpc) is 2.63. The molecule has 18 heavy (non-hydrogen) atoms. The number of sulfone groups is 1. The van der Waals surface area contributed by atoms with E-state index in [1.807, 2.05) is 0 Å². The number of rotatable bonds is 2. The van der Waals surface area contributed by atoms with E-state index < -0.39 is 15.7 Å². The molecule has 1 fully saturated rings. The maximum atomic E-state index is 13.9. The zero-order valence-electron chi connectivity index (χ0n) is 9.17. The first kappa shape index (κ1) is 14.8. The predicted molar refractivity (Wildman–Crippen MR) is 77.5 cm³/mol. The Kier molecular flexibility index (Phi) is 4.41. The minimum Gasteiger partial charge on any atom is -0.229 e. The summed E-state index contributed by atoms with van der Waals surface area (Å²) in [5, 5.41) is 0.414. The van der Waals surface area contributed by atoms with Crippen LogP contribution in [0.5, 0.6) is 0 Å². The van der Waals surface area contributed by atoms with Crippen molar-refractivity contribution in [2.45, 2.75) is 11.2 Å². The molecule has 1 aliphatic heterocycles. The van der Waals surface area contributed by atoms with Crippen LogP contribution in [0.1, 0.15) is 16.8 Å². The van der Waals surface area contributed by atoms with Gasteiger partial charge in [0.15, 0.2) is 9.84 Å². The van der Waals surface area contributed by atoms with Crippen LogP contribution in [0, 0.1) is 11.7 Å². The zero-order chi connectivity index (χ0) is 13.5. The number of hydrogen-bond donors (Lipinski definition) is 0. The topological polar surface area (TPSA) is 34.1 Å². The van der Waals surface area contributed by atoms with Crippen molar-refractivity contribution in [2.24, 2.45) is 5.92 Å². The first-order chi connectivity index (χ1) is 8.30. The first-order valence-electron chi connectivity index (χ1n) is 5.29. The van der Waals surface area contributed by atoms with Gasteiger partial charge < -0.3 is 0 Å². The smallest absolute Gasteiger partial charge is 0.150 e. The van der Waals surface area contributed by atoms with Crippen molar-refractivity contribution in [1.29, 1.82) is 0 Å². The average molecular weight is 421 g/mol. The number of halogens is 4. The second-order valence-electron chi connectivity index (χ2n) is 4.35. The Bertz CT molecular complexity index is 577. The molecule has 0 amide bonds. The predicted octanol–water partition coefficient (Wildman–Crippen LogP) is 4.11. The van der Waals surface area contributed by atoms with Crippen LogP contribution in [0.3, 0.4) is 0 Å². The molecule has 1 saturated heterocycles. The molecule has 2 rings (SSSR count). The summed E-state index contributed by atoms with van der Waals surface area (Å²) in [4.78, 5) is -0.333. The lowest BCUT2D eigenvalue weighted by Gasteiger charge is -2.17. The summed E-state index contributed by atoms with van der Waals surface area (Å²) < 4.78 is 37.2. The van der Waals surface area contributed by atoms with Gasteiger partial charge in [0.1, 0.15) is 5.82 Å². The van der Waals surface area contributed by atoms with Crippen LogP contribution in [0.2, 0.25) is 5.02 Å². The molecule has 1 aromatic carbocycles. The molecule has 0 radical (unpaired) electrons. The molecule has 2 nitrogen and oxygen atoms in total. The summed E-state index contributed by atoms with van der Waals surface area (Å²) in [5.74, 6) is -0.235. The van der Waals surface area contributed by atoms with Crippen molar-refractivity contribution >= 4 is 53.3 Å². The summed E-state index contributed by atoms with van der Waals surface area (Å²) in [7, 11) is -2.97. The van der Waals surface area contributed by atoms with Crippen molar-refractivity contribution in [1.82, 2.24) is 0 Å². The van der Waals surface area contributed by atoms with Gasteiger partial charge in [0.2, 0.25) is 0 Å². The molecule has 1 aliphatic rings. The van der Waals surface area contributed by atoms with E-state index in [0.29, 0.717) is 21.5 Å². The van der Waals surface area contributed by atoms with E-state index in [1.54, 1.807) is 0 Å². The van der Waals surface area contributed by atoms with E-state index in [9.17, 15) is 12.8 Å². The quantitative estimate of drug-likeness (QED) is 0.533. The number of benzene rings is 1. The largest absolute Gasteiger partial charge is 0.229 e. The number of alkyl halides is 1. The van der Waals surface area contributed by atoms with E-state index in [2.05, 4.69) is 31.9 Å². The molecule has 0 aliphatic carbocycles. The van der Waals surface area contributed by atoms with E-state index in [-0.39, 0.29) is 22.3 Å². The first-order valence-corrected chi connectivity index (χ1v) is 9.20. The molecule has 1 heterocycles. The Hall–Kier alpha value is 0.350. The lowest BCUT2D eigenvalue weighted by atomic mass is 9.98. The van der Waals surface area contributed by atoms with Gasteiger partial charge >= 0.3 is 0 Å². The Balaban J connectivity index is 2.30. The highest BCUT2D eigenvalue weighted by atomic mass is 79.9. The maximum Gasteiger partial charge on any atom is 0.150 e. The van der Waals surface area contributed by atoms with Crippen LogP contribution in [-0.4, -0.2) is 19.9 Å². The van der Waals surface area contributed by atoms with E-state index in [4.69, 9.17) is 11.6 Å². The Morgan fingerprint density at radius 2 is 2.11 bits per heavy atom. The normalized spacial score (nSPS) is 24.1. The van der Waals surface area contributed by atoms with Crippen molar-refractivity contribution in [3.8, 4) is 0 Å². The Labute approximate surface area is 127 Å². The third-order valence-electron chi connectivity index (χ3n) is 3.02. The van der Waals surface area contributed by atoms with Gasteiger partial charge in [0.05, 0.1) is 16.5 Å². The zero-order valence-corrected chi connectivity index (χ0v) is 13.9. The van der Waals surface area contributed by atoms with Crippen LogP contribution < -0.4 is 0 Å². The van der Waals surface area contributed by atoms with Gasteiger partial charge in [-0.15, -0.1) is 0 Å². The van der Waals surface area contributed by atoms with Gasteiger partial charge in [-0.3, -0.25) is 0 Å². The van der Waals surface area contributed by atoms with Gasteiger partial charge in [-0.25, -0.2) is 12.8 Å². The summed E-state index contributed by atoms with van der Waals surface area (Å²) in [5.41, 5.74) is 0.408. The second-order valence-corrected chi connectivity index (χ2v) is 8.83. The molecule has 0 bridgehead atoms. The molecule has 2 unspecified atom stereocenters. The van der Waals surface area contributed by atoms with Gasteiger partial charge in [-0.2, -0.15) is 0 Å². The van der Waals surface area contributed by atoms with Crippen molar-refractivity contribution in [2.75, 3.05) is 11.5 Å². The lowest BCUT2D eigenvalue weighted by Crippen LogP contribution is -2.11. The SMILES string of the molecule is O=S1(=O)CCC(C(Br)c2cc(Cl)c(Br)cc2F)C1. The summed E-state index contributed by atoms with van der Waals surface area (Å²) in [6.07, 6.45) is 0.547. The summed E-state index contributed by atoms with van der Waals surface area (Å²) in [6, 6.07) is 2.83. The van der Waals surface area contributed by atoms with Gasteiger partial charge in [0, 0.05) is 14.9 Å². The standard InChI is InChI=1S/C11H10Br2ClFO2S/c12-8-4-10(15)7(3-9(8)14)11(13)6-1-2-18(16,17)5-6/h3-4,6,11H,1-2,5H2. The van der Waals surface area contributed by atoms with Gasteiger partial charge in [-0.05, 0) is 40.4 Å². The van der Waals surface area contributed by atoms with Crippen molar-refractivity contribution in [3.63, 3.8) is 0 Å². The summed E-state index contributed by atoms with van der Waals surface area (Å²) >= 11 is 12.5. The Morgan fingerprint density at radius 1 is 1.44 bits per heavy atom. The molecule has 1 aromatic rings. The highest BCUT2D eigenvalue weighted by Gasteiger charge is 2.34. The van der Waals surface area contributed by atoms with Crippen LogP contribution in [0.15, 0.2) is 16.6 Å². The minimum atomic E-state index is -2.97. The van der Waals surface area contributed by atoms with Crippen LogP contribution >= 0.6 is 43.5 Å². The van der Waals surface area contributed by atoms with Crippen molar-refractivity contribution < 1.29 is 12.8 Å². The fourth-order valence-corrected chi connectivity index (χ4v) is 5.43. The molecule has 100 valence electrons. The van der Waals surface area contributed by atoms with Crippen LogP contribution in [0.4, 0.5) is 4.39 Å². The molecule has 2 atom stereocenters. The highest BCUT2D eigenvalue weighted by Crippen LogP contribution is 2.40. The fraction of sp³-hybridized carbons (Fsp3) is 0.455. The molecule has 0 spiro atoms. The minimum absolute atomic E-state index is 0.0933. The highest BCUT2D eigenvalue weighted by molar-refractivity contribution is 9.10. The van der Waals surface area contributed by atoms with Gasteiger partial charge in [0.25, 0.3) is 0 Å². The van der Waals surface area contributed by atoms with E-state index >= 15 is 0 Å². The maximum absolute atomic E-state index is 13.9. The molecule has 0 aromatic heterocycles. The number of hydrogen-bond acceptors (Lipinski definition) is 2. The summed E-state index contributed by atoms with van der Waals surface area (Å²) in [6.45, 7) is 0. The van der Waals surface area contributed by atoms with Crippen molar-refractivity contribution in [3.05, 3.63) is 33.0 Å². The second kappa shape index (κ2) is 5.38. The lowest BCUT2D eigenvalue weighted by molar-refractivity contribution is 0.546. The van der Waals surface area contributed by atoms with Crippen LogP contribution in [0.25, 0.3) is 0 Å². The molecule has 0 saturated carbocycles.